The standard InChI is InChI=1S/C14H16N2O4S/c17-13-3-6-21-8-10(16-13)14(18)15-9-1-2-11-12(7-9)20-5-4-19-11/h1-2,7,10H,3-6,8H2,(H,15,18)(H,16,17)/t10-/m1/s1. The summed E-state index contributed by atoms with van der Waals surface area (Å²) in [6.45, 7) is 1.03. The predicted octanol–water partition coefficient (Wildman–Crippen LogP) is 1.02. The highest BCUT2D eigenvalue weighted by atomic mass is 32.2. The zero-order valence-electron chi connectivity index (χ0n) is 11.4. The van der Waals surface area contributed by atoms with Crippen LogP contribution in [0.3, 0.4) is 0 Å². The number of thioether (sulfide) groups is 1. The summed E-state index contributed by atoms with van der Waals surface area (Å²) in [6.07, 6.45) is 0.457. The number of hydrogen-bond acceptors (Lipinski definition) is 5. The molecule has 1 saturated heterocycles. The molecule has 6 nitrogen and oxygen atoms in total. The van der Waals surface area contributed by atoms with Crippen molar-refractivity contribution in [1.29, 1.82) is 0 Å². The van der Waals surface area contributed by atoms with Gasteiger partial charge in [-0.25, -0.2) is 0 Å². The molecule has 3 rings (SSSR count). The number of anilines is 1. The van der Waals surface area contributed by atoms with Crippen molar-refractivity contribution in [3.8, 4) is 11.5 Å². The van der Waals surface area contributed by atoms with Crippen molar-refractivity contribution < 1.29 is 19.1 Å². The minimum atomic E-state index is -0.502. The first-order valence-corrected chi connectivity index (χ1v) is 7.95. The van der Waals surface area contributed by atoms with Crippen LogP contribution in [0.5, 0.6) is 11.5 Å². The molecule has 0 aliphatic carbocycles. The minimum absolute atomic E-state index is 0.0812. The number of benzene rings is 1. The highest BCUT2D eigenvalue weighted by molar-refractivity contribution is 7.99. The zero-order chi connectivity index (χ0) is 14.7. The van der Waals surface area contributed by atoms with Crippen LogP contribution in [0.25, 0.3) is 0 Å². The van der Waals surface area contributed by atoms with E-state index in [9.17, 15) is 9.59 Å². The Hall–Kier alpha value is -1.89. The fourth-order valence-corrected chi connectivity index (χ4v) is 3.13. The molecule has 1 atom stereocenters. The summed E-state index contributed by atoms with van der Waals surface area (Å²) in [5.41, 5.74) is 0.632. The van der Waals surface area contributed by atoms with Crippen LogP contribution in [0, 0.1) is 0 Å². The summed E-state index contributed by atoms with van der Waals surface area (Å²) >= 11 is 1.60. The molecule has 2 aliphatic heterocycles. The fourth-order valence-electron chi connectivity index (χ4n) is 2.17. The average Bonchev–Trinajstić information content (AvgIpc) is 2.72. The van der Waals surface area contributed by atoms with E-state index in [1.165, 1.54) is 0 Å². The van der Waals surface area contributed by atoms with Crippen molar-refractivity contribution in [3.63, 3.8) is 0 Å². The van der Waals surface area contributed by atoms with Gasteiger partial charge < -0.3 is 20.1 Å². The Balaban J connectivity index is 1.67. The second-order valence-corrected chi connectivity index (χ2v) is 5.94. The van der Waals surface area contributed by atoms with Crippen LogP contribution < -0.4 is 20.1 Å². The van der Waals surface area contributed by atoms with Gasteiger partial charge in [0, 0.05) is 29.7 Å². The minimum Gasteiger partial charge on any atom is -0.486 e. The average molecular weight is 308 g/mol. The topological polar surface area (TPSA) is 76.7 Å². The van der Waals surface area contributed by atoms with Crippen molar-refractivity contribution in [2.45, 2.75) is 12.5 Å². The van der Waals surface area contributed by atoms with Crippen LogP contribution in [0.2, 0.25) is 0 Å². The molecule has 0 saturated carbocycles. The second kappa shape index (κ2) is 6.26. The van der Waals surface area contributed by atoms with E-state index in [-0.39, 0.29) is 11.8 Å². The molecule has 1 fully saturated rings. The highest BCUT2D eigenvalue weighted by Crippen LogP contribution is 2.32. The van der Waals surface area contributed by atoms with Gasteiger partial charge in [0.1, 0.15) is 19.3 Å². The summed E-state index contributed by atoms with van der Waals surface area (Å²) < 4.78 is 10.9. The third-order valence-electron chi connectivity index (χ3n) is 3.22. The Kier molecular flexibility index (Phi) is 4.19. The van der Waals surface area contributed by atoms with Crippen molar-refractivity contribution in [3.05, 3.63) is 18.2 Å². The van der Waals surface area contributed by atoms with E-state index >= 15 is 0 Å². The fraction of sp³-hybridized carbons (Fsp3) is 0.429. The molecule has 0 radical (unpaired) electrons. The van der Waals surface area contributed by atoms with E-state index in [0.29, 0.717) is 42.6 Å². The maximum Gasteiger partial charge on any atom is 0.247 e. The van der Waals surface area contributed by atoms with Gasteiger partial charge in [-0.15, -0.1) is 0 Å². The molecule has 0 spiro atoms. The van der Waals surface area contributed by atoms with Crippen molar-refractivity contribution in [2.75, 3.05) is 30.0 Å². The molecule has 2 heterocycles. The Morgan fingerprint density at radius 1 is 1.29 bits per heavy atom. The lowest BCUT2D eigenvalue weighted by molar-refractivity contribution is -0.125. The van der Waals surface area contributed by atoms with Gasteiger partial charge >= 0.3 is 0 Å². The Labute approximate surface area is 126 Å². The molecule has 112 valence electrons. The van der Waals surface area contributed by atoms with Gasteiger partial charge in [0.2, 0.25) is 11.8 Å². The summed E-state index contributed by atoms with van der Waals surface area (Å²) in [5, 5.41) is 5.54. The first-order valence-electron chi connectivity index (χ1n) is 6.80. The second-order valence-electron chi connectivity index (χ2n) is 4.79. The normalized spacial score (nSPS) is 21.1. The van der Waals surface area contributed by atoms with Gasteiger partial charge in [0.15, 0.2) is 11.5 Å². The molecule has 2 N–H and O–H groups in total. The Morgan fingerprint density at radius 2 is 2.10 bits per heavy atom. The van der Waals surface area contributed by atoms with Crippen LogP contribution in [0.15, 0.2) is 18.2 Å². The first kappa shape index (κ1) is 14.1. The van der Waals surface area contributed by atoms with Gasteiger partial charge in [0.25, 0.3) is 0 Å². The molecule has 1 aromatic carbocycles. The maximum absolute atomic E-state index is 12.2. The number of hydrogen-bond donors (Lipinski definition) is 2. The van der Waals surface area contributed by atoms with E-state index in [2.05, 4.69) is 10.6 Å². The summed E-state index contributed by atoms with van der Waals surface area (Å²) in [5.74, 6) is 2.34. The first-order chi connectivity index (χ1) is 10.2. The third-order valence-corrected chi connectivity index (χ3v) is 4.28. The lowest BCUT2D eigenvalue weighted by Crippen LogP contribution is -2.44. The molecular formula is C14H16N2O4S. The maximum atomic E-state index is 12.2. The molecule has 7 heteroatoms. The number of nitrogens with one attached hydrogen (secondary N) is 2. The van der Waals surface area contributed by atoms with Crippen LogP contribution in [-0.4, -0.2) is 42.6 Å². The number of carbonyl (C=O) groups excluding carboxylic acids is 2. The SMILES string of the molecule is O=C1CCSC[C@H](C(=O)Nc2ccc3c(c2)OCCO3)N1. The van der Waals surface area contributed by atoms with Crippen LogP contribution in [-0.2, 0) is 9.59 Å². The molecule has 2 aliphatic rings. The lowest BCUT2D eigenvalue weighted by Gasteiger charge is -2.20. The summed E-state index contributed by atoms with van der Waals surface area (Å²) in [4.78, 5) is 23.7. The molecular weight excluding hydrogens is 292 g/mol. The zero-order valence-corrected chi connectivity index (χ0v) is 12.2. The number of amides is 2. The highest BCUT2D eigenvalue weighted by Gasteiger charge is 2.24. The lowest BCUT2D eigenvalue weighted by atomic mass is 10.2. The largest absolute Gasteiger partial charge is 0.486 e. The number of ether oxygens (including phenoxy) is 2. The van der Waals surface area contributed by atoms with E-state index in [0.717, 1.165) is 5.75 Å². The molecule has 21 heavy (non-hydrogen) atoms. The van der Waals surface area contributed by atoms with Crippen LogP contribution >= 0.6 is 11.8 Å². The molecule has 0 unspecified atom stereocenters. The molecule has 0 bridgehead atoms. The van der Waals surface area contributed by atoms with Gasteiger partial charge in [-0.05, 0) is 12.1 Å². The molecule has 2 amide bonds. The number of rotatable bonds is 2. The van der Waals surface area contributed by atoms with Crippen LogP contribution in [0.4, 0.5) is 5.69 Å². The van der Waals surface area contributed by atoms with E-state index < -0.39 is 6.04 Å². The van der Waals surface area contributed by atoms with Crippen molar-refractivity contribution in [2.24, 2.45) is 0 Å². The predicted molar refractivity (Wildman–Crippen MR) is 79.9 cm³/mol. The van der Waals surface area contributed by atoms with Gasteiger partial charge in [-0.2, -0.15) is 11.8 Å². The van der Waals surface area contributed by atoms with Crippen molar-refractivity contribution >= 4 is 29.3 Å². The Bertz CT molecular complexity index is 564. The molecule has 0 aromatic heterocycles. The molecule has 1 aromatic rings. The monoisotopic (exact) mass is 308 g/mol. The third kappa shape index (κ3) is 3.41. The van der Waals surface area contributed by atoms with Crippen molar-refractivity contribution in [1.82, 2.24) is 5.32 Å². The Morgan fingerprint density at radius 3 is 2.95 bits per heavy atom. The summed E-state index contributed by atoms with van der Waals surface area (Å²) in [7, 11) is 0. The number of fused-ring (bicyclic) bond motifs is 1. The number of carbonyl (C=O) groups is 2. The van der Waals surface area contributed by atoms with E-state index in [1.807, 2.05) is 0 Å². The van der Waals surface area contributed by atoms with Gasteiger partial charge in [-0.1, -0.05) is 0 Å². The van der Waals surface area contributed by atoms with Gasteiger partial charge in [-0.3, -0.25) is 9.59 Å². The smallest absolute Gasteiger partial charge is 0.247 e. The summed E-state index contributed by atoms with van der Waals surface area (Å²) in [6, 6.07) is 4.76. The van der Waals surface area contributed by atoms with Crippen LogP contribution in [0.1, 0.15) is 6.42 Å². The van der Waals surface area contributed by atoms with E-state index in [4.69, 9.17) is 9.47 Å². The van der Waals surface area contributed by atoms with E-state index in [1.54, 1.807) is 30.0 Å². The quantitative estimate of drug-likeness (QED) is 0.853. The van der Waals surface area contributed by atoms with Gasteiger partial charge in [0.05, 0.1) is 0 Å².